The Labute approximate surface area is 150 Å². The fourth-order valence-electron chi connectivity index (χ4n) is 2.56. The lowest BCUT2D eigenvalue weighted by molar-refractivity contribution is -0.115. The molecular weight excluding hydrogens is 338 g/mol. The molecule has 2 heterocycles. The molecule has 5 heteroatoms. The molecule has 0 N–H and O–H groups in total. The van der Waals surface area contributed by atoms with Gasteiger partial charge in [-0.05, 0) is 17.4 Å². The van der Waals surface area contributed by atoms with Crippen LogP contribution < -0.4 is 0 Å². The lowest BCUT2D eigenvalue weighted by Crippen LogP contribution is -2.20. The monoisotopic (exact) mass is 355 g/mol. The number of pyridine rings is 1. The van der Waals surface area contributed by atoms with Gasteiger partial charge in [-0.15, -0.1) is 23.5 Å². The van der Waals surface area contributed by atoms with Crippen molar-refractivity contribution in [3.05, 3.63) is 75.8 Å². The summed E-state index contributed by atoms with van der Waals surface area (Å²) in [5.41, 5.74) is 1.94. The predicted molar refractivity (Wildman–Crippen MR) is 100 cm³/mol. The first-order chi connectivity index (χ1) is 11.7. The van der Waals surface area contributed by atoms with Crippen molar-refractivity contribution >= 4 is 35.1 Å². The maximum absolute atomic E-state index is 12.8. The Hall–Kier alpha value is -1.85. The Kier molecular flexibility index (Phi) is 5.53. The number of benzene rings is 1. The Balaban J connectivity index is 1.96. The summed E-state index contributed by atoms with van der Waals surface area (Å²) in [7, 11) is 0. The molecule has 0 saturated heterocycles. The Morgan fingerprint density at radius 3 is 2.71 bits per heavy atom. The van der Waals surface area contributed by atoms with Gasteiger partial charge in [0.25, 0.3) is 0 Å². The summed E-state index contributed by atoms with van der Waals surface area (Å²) in [5.74, 6) is 0.571. The number of hydrogen-bond donors (Lipinski definition) is 0. The average molecular weight is 355 g/mol. The number of Topliss-reactive ketones (excluding diaryl/α,β-unsaturated/α-hetero) is 2. The maximum Gasteiger partial charge on any atom is 0.198 e. The highest BCUT2D eigenvalue weighted by Gasteiger charge is 2.33. The van der Waals surface area contributed by atoms with E-state index in [1.54, 1.807) is 48.1 Å². The number of hydrogen-bond acceptors (Lipinski definition) is 5. The van der Waals surface area contributed by atoms with Gasteiger partial charge in [-0.2, -0.15) is 0 Å². The molecular formula is C19H17NO2S2. The maximum atomic E-state index is 12.8. The van der Waals surface area contributed by atoms with E-state index in [1.165, 1.54) is 0 Å². The SMILES string of the molecule is CCSC1=C(C(=O)c2ccccc2)C(=O)CC(c2cccnc2)S1. The molecule has 0 amide bonds. The molecule has 0 radical (unpaired) electrons. The highest BCUT2D eigenvalue weighted by Crippen LogP contribution is 2.48. The van der Waals surface area contributed by atoms with Crippen LogP contribution in [0.3, 0.4) is 0 Å². The van der Waals surface area contributed by atoms with E-state index in [1.807, 2.05) is 37.3 Å². The summed E-state index contributed by atoms with van der Waals surface area (Å²) in [5, 5.41) is 0.0209. The average Bonchev–Trinajstić information content (AvgIpc) is 2.63. The second-order valence-corrected chi connectivity index (χ2v) is 8.06. The third-order valence-corrected chi connectivity index (χ3v) is 6.24. The van der Waals surface area contributed by atoms with E-state index in [0.29, 0.717) is 17.6 Å². The lowest BCUT2D eigenvalue weighted by Gasteiger charge is -2.25. The predicted octanol–water partition coefficient (Wildman–Crippen LogP) is 4.68. The summed E-state index contributed by atoms with van der Waals surface area (Å²) in [6.07, 6.45) is 3.85. The zero-order chi connectivity index (χ0) is 16.9. The van der Waals surface area contributed by atoms with Crippen LogP contribution in [0.4, 0.5) is 0 Å². The second-order valence-electron chi connectivity index (χ2n) is 5.31. The number of aromatic nitrogens is 1. The Bertz CT molecular complexity index is 772. The molecule has 0 aliphatic carbocycles. The molecule has 0 fully saturated rings. The van der Waals surface area contributed by atoms with Crippen molar-refractivity contribution in [3.63, 3.8) is 0 Å². The largest absolute Gasteiger partial charge is 0.294 e. The third kappa shape index (κ3) is 3.62. The molecule has 1 aromatic heterocycles. The third-order valence-electron chi connectivity index (χ3n) is 3.70. The zero-order valence-corrected chi connectivity index (χ0v) is 14.9. The number of rotatable bonds is 5. The lowest BCUT2D eigenvalue weighted by atomic mass is 9.97. The van der Waals surface area contributed by atoms with Gasteiger partial charge in [-0.1, -0.05) is 43.3 Å². The smallest absolute Gasteiger partial charge is 0.198 e. The number of carbonyl (C=O) groups excluding carboxylic acids is 2. The molecule has 2 aromatic rings. The van der Waals surface area contributed by atoms with Gasteiger partial charge in [0.15, 0.2) is 11.6 Å². The molecule has 3 nitrogen and oxygen atoms in total. The van der Waals surface area contributed by atoms with Gasteiger partial charge in [0.1, 0.15) is 0 Å². The van der Waals surface area contributed by atoms with Crippen molar-refractivity contribution < 1.29 is 9.59 Å². The van der Waals surface area contributed by atoms with Crippen LogP contribution in [0.25, 0.3) is 0 Å². The van der Waals surface area contributed by atoms with E-state index in [4.69, 9.17) is 0 Å². The summed E-state index contributed by atoms with van der Waals surface area (Å²) in [6.45, 7) is 2.03. The molecule has 122 valence electrons. The Morgan fingerprint density at radius 1 is 1.25 bits per heavy atom. The molecule has 1 aliphatic heterocycles. The first-order valence-corrected chi connectivity index (χ1v) is 9.63. The van der Waals surface area contributed by atoms with Gasteiger partial charge in [-0.3, -0.25) is 14.6 Å². The fourth-order valence-corrected chi connectivity index (χ4v) is 5.24. The normalized spacial score (nSPS) is 17.9. The highest BCUT2D eigenvalue weighted by atomic mass is 32.2. The number of allylic oxidation sites excluding steroid dienone is 1. The van der Waals surface area contributed by atoms with E-state index in [0.717, 1.165) is 15.6 Å². The standard InChI is InChI=1S/C19H17NO2S2/c1-2-23-19-17(18(22)13-7-4-3-5-8-13)15(21)11-16(24-19)14-9-6-10-20-12-14/h3-10,12,16H,2,11H2,1H3. The molecule has 1 atom stereocenters. The molecule has 0 bridgehead atoms. The van der Waals surface area contributed by atoms with E-state index in [2.05, 4.69) is 4.98 Å². The van der Waals surface area contributed by atoms with Crippen LogP contribution >= 0.6 is 23.5 Å². The van der Waals surface area contributed by atoms with Crippen LogP contribution in [0.5, 0.6) is 0 Å². The van der Waals surface area contributed by atoms with Crippen LogP contribution in [0.2, 0.25) is 0 Å². The molecule has 0 spiro atoms. The van der Waals surface area contributed by atoms with Crippen molar-refractivity contribution in [2.24, 2.45) is 0 Å². The van der Waals surface area contributed by atoms with Crippen molar-refractivity contribution in [1.82, 2.24) is 4.98 Å². The van der Waals surface area contributed by atoms with Crippen molar-refractivity contribution in [1.29, 1.82) is 0 Å². The second kappa shape index (κ2) is 7.81. The summed E-state index contributed by atoms with van der Waals surface area (Å²) in [4.78, 5) is 29.7. The minimum atomic E-state index is -0.173. The molecule has 1 unspecified atom stereocenters. The van der Waals surface area contributed by atoms with Crippen LogP contribution in [0.1, 0.15) is 34.5 Å². The zero-order valence-electron chi connectivity index (χ0n) is 13.3. The van der Waals surface area contributed by atoms with Crippen LogP contribution in [0, 0.1) is 0 Å². The first-order valence-electron chi connectivity index (χ1n) is 7.77. The van der Waals surface area contributed by atoms with Gasteiger partial charge < -0.3 is 0 Å². The quantitative estimate of drug-likeness (QED) is 0.576. The number of nitrogens with zero attached hydrogens (tertiary/aromatic N) is 1. The minimum absolute atomic E-state index is 0.0209. The number of thioether (sulfide) groups is 2. The number of ketones is 2. The van der Waals surface area contributed by atoms with Gasteiger partial charge in [0.2, 0.25) is 0 Å². The molecule has 24 heavy (non-hydrogen) atoms. The van der Waals surface area contributed by atoms with Crippen molar-refractivity contribution in [2.45, 2.75) is 18.6 Å². The molecule has 1 aliphatic rings. The summed E-state index contributed by atoms with van der Waals surface area (Å²) in [6, 6.07) is 12.9. The molecule has 0 saturated carbocycles. The minimum Gasteiger partial charge on any atom is -0.294 e. The van der Waals surface area contributed by atoms with E-state index >= 15 is 0 Å². The fraction of sp³-hybridized carbons (Fsp3) is 0.211. The highest BCUT2D eigenvalue weighted by molar-refractivity contribution is 8.22. The van der Waals surface area contributed by atoms with Gasteiger partial charge in [0.05, 0.1) is 9.81 Å². The van der Waals surface area contributed by atoms with E-state index in [9.17, 15) is 9.59 Å². The van der Waals surface area contributed by atoms with Gasteiger partial charge in [0, 0.05) is 29.6 Å². The topological polar surface area (TPSA) is 47.0 Å². The van der Waals surface area contributed by atoms with Gasteiger partial charge in [-0.25, -0.2) is 0 Å². The first kappa shape index (κ1) is 17.0. The van der Waals surface area contributed by atoms with Crippen molar-refractivity contribution in [2.75, 3.05) is 5.75 Å². The Morgan fingerprint density at radius 2 is 2.04 bits per heavy atom. The summed E-state index contributed by atoms with van der Waals surface area (Å²) < 4.78 is 0.830. The molecule has 1 aromatic carbocycles. The van der Waals surface area contributed by atoms with Crippen LogP contribution in [-0.4, -0.2) is 22.3 Å². The number of carbonyl (C=O) groups is 2. The van der Waals surface area contributed by atoms with E-state index < -0.39 is 0 Å². The van der Waals surface area contributed by atoms with Gasteiger partial charge >= 0.3 is 0 Å². The van der Waals surface area contributed by atoms with Crippen molar-refractivity contribution in [3.8, 4) is 0 Å². The van der Waals surface area contributed by atoms with E-state index in [-0.39, 0.29) is 16.8 Å². The van der Waals surface area contributed by atoms with Crippen LogP contribution in [0.15, 0.2) is 64.7 Å². The van der Waals surface area contributed by atoms with Crippen LogP contribution in [-0.2, 0) is 4.79 Å². The summed E-state index contributed by atoms with van der Waals surface area (Å²) >= 11 is 3.17. The molecule has 3 rings (SSSR count).